The third-order valence-corrected chi connectivity index (χ3v) is 4.84. The summed E-state index contributed by atoms with van der Waals surface area (Å²) in [5.41, 5.74) is 1.77. The Kier molecular flexibility index (Phi) is 5.47. The first-order valence-corrected chi connectivity index (χ1v) is 8.05. The zero-order chi connectivity index (χ0) is 14.4. The van der Waals surface area contributed by atoms with E-state index in [4.69, 9.17) is 4.74 Å². The van der Waals surface area contributed by atoms with Crippen LogP contribution in [0.1, 0.15) is 51.5 Å². The van der Waals surface area contributed by atoms with Crippen LogP contribution in [0.3, 0.4) is 0 Å². The van der Waals surface area contributed by atoms with Gasteiger partial charge in [-0.1, -0.05) is 44.9 Å². The summed E-state index contributed by atoms with van der Waals surface area (Å²) < 4.78 is 5.52. The lowest BCUT2D eigenvalue weighted by Gasteiger charge is -2.35. The molecule has 0 bridgehead atoms. The van der Waals surface area contributed by atoms with Crippen molar-refractivity contribution in [1.29, 1.82) is 0 Å². The Balaban J connectivity index is 2.14. The highest BCUT2D eigenvalue weighted by molar-refractivity contribution is 5.34. The second kappa shape index (κ2) is 7.12. The van der Waals surface area contributed by atoms with Crippen molar-refractivity contribution in [1.82, 2.24) is 5.32 Å². The molecule has 1 unspecified atom stereocenters. The third-order valence-electron chi connectivity index (χ3n) is 4.84. The molecule has 0 amide bonds. The zero-order valence-corrected chi connectivity index (χ0v) is 13.2. The molecule has 0 radical (unpaired) electrons. The van der Waals surface area contributed by atoms with Crippen molar-refractivity contribution in [2.75, 3.05) is 13.7 Å². The van der Waals surface area contributed by atoms with Gasteiger partial charge < -0.3 is 10.1 Å². The van der Waals surface area contributed by atoms with E-state index in [0.717, 1.165) is 18.7 Å². The molecule has 20 heavy (non-hydrogen) atoms. The van der Waals surface area contributed by atoms with Crippen LogP contribution in [-0.4, -0.2) is 19.7 Å². The van der Waals surface area contributed by atoms with Crippen molar-refractivity contribution in [2.45, 2.75) is 58.4 Å². The minimum atomic E-state index is 0.440. The number of hydrogen-bond donors (Lipinski definition) is 1. The van der Waals surface area contributed by atoms with Crippen LogP contribution in [0.15, 0.2) is 24.3 Å². The molecule has 0 saturated heterocycles. The van der Waals surface area contributed by atoms with Crippen LogP contribution in [0, 0.1) is 5.41 Å². The maximum Gasteiger partial charge on any atom is 0.122 e. The summed E-state index contributed by atoms with van der Waals surface area (Å²) in [6, 6.07) is 9.00. The van der Waals surface area contributed by atoms with E-state index in [9.17, 15) is 0 Å². The van der Waals surface area contributed by atoms with E-state index in [1.54, 1.807) is 7.11 Å². The number of rotatable bonds is 7. The molecule has 1 N–H and O–H groups in total. The van der Waals surface area contributed by atoms with Crippen LogP contribution < -0.4 is 10.1 Å². The van der Waals surface area contributed by atoms with E-state index in [0.29, 0.717) is 11.5 Å². The molecule has 2 rings (SSSR count). The predicted molar refractivity (Wildman–Crippen MR) is 85.4 cm³/mol. The molecule has 0 spiro atoms. The first kappa shape index (κ1) is 15.4. The maximum atomic E-state index is 5.52. The average Bonchev–Trinajstić information content (AvgIpc) is 2.91. The molecular formula is C18H29NO. The van der Waals surface area contributed by atoms with E-state index in [2.05, 4.69) is 37.4 Å². The van der Waals surface area contributed by atoms with Crippen LogP contribution in [0.25, 0.3) is 0 Å². The maximum absolute atomic E-state index is 5.52. The van der Waals surface area contributed by atoms with Gasteiger partial charge >= 0.3 is 0 Å². The fourth-order valence-electron chi connectivity index (χ4n) is 3.51. The van der Waals surface area contributed by atoms with Crippen LogP contribution in [0.5, 0.6) is 5.75 Å². The normalized spacial score (nSPS) is 18.9. The van der Waals surface area contributed by atoms with Gasteiger partial charge in [0.25, 0.3) is 0 Å². The Morgan fingerprint density at radius 3 is 2.60 bits per heavy atom. The zero-order valence-electron chi connectivity index (χ0n) is 13.2. The number of methoxy groups -OCH3 is 1. The molecule has 0 aromatic heterocycles. The molecule has 1 aliphatic carbocycles. The summed E-state index contributed by atoms with van der Waals surface area (Å²) in [5, 5.41) is 3.80. The molecule has 0 aliphatic heterocycles. The van der Waals surface area contributed by atoms with Gasteiger partial charge in [-0.3, -0.25) is 0 Å². The molecule has 1 aliphatic rings. The van der Waals surface area contributed by atoms with Crippen molar-refractivity contribution < 1.29 is 4.74 Å². The van der Waals surface area contributed by atoms with E-state index in [-0.39, 0.29) is 0 Å². The lowest BCUT2D eigenvalue weighted by atomic mass is 9.77. The summed E-state index contributed by atoms with van der Waals surface area (Å²) >= 11 is 0. The van der Waals surface area contributed by atoms with Gasteiger partial charge in [0.05, 0.1) is 7.11 Å². The van der Waals surface area contributed by atoms with Crippen molar-refractivity contribution in [3.63, 3.8) is 0 Å². The predicted octanol–water partition coefficient (Wildman–Crippen LogP) is 4.19. The molecule has 112 valence electrons. The minimum Gasteiger partial charge on any atom is -0.496 e. The van der Waals surface area contributed by atoms with Gasteiger partial charge in [-0.2, -0.15) is 0 Å². The first-order valence-electron chi connectivity index (χ1n) is 8.05. The SMILES string of the molecule is CCCNC(Cc1ccccc1OC)C1(C)CCCC1. The Bertz CT molecular complexity index is 410. The highest BCUT2D eigenvalue weighted by Gasteiger charge is 2.36. The second-order valence-corrected chi connectivity index (χ2v) is 6.38. The Morgan fingerprint density at radius 2 is 1.95 bits per heavy atom. The summed E-state index contributed by atoms with van der Waals surface area (Å²) in [7, 11) is 1.77. The number of hydrogen-bond acceptors (Lipinski definition) is 2. The molecule has 1 atom stereocenters. The van der Waals surface area contributed by atoms with E-state index in [1.807, 2.05) is 6.07 Å². The molecule has 1 aromatic carbocycles. The molecule has 1 fully saturated rings. The molecule has 2 nitrogen and oxygen atoms in total. The standard InChI is InChI=1S/C18H29NO/c1-4-13-19-17(18(2)11-7-8-12-18)14-15-9-5-6-10-16(15)20-3/h5-6,9-10,17,19H,4,7-8,11-14H2,1-3H3. The largest absolute Gasteiger partial charge is 0.496 e. The average molecular weight is 275 g/mol. The van der Waals surface area contributed by atoms with Crippen LogP contribution in [-0.2, 0) is 6.42 Å². The summed E-state index contributed by atoms with van der Waals surface area (Å²) in [6.07, 6.45) is 7.73. The number of ether oxygens (including phenoxy) is 1. The molecule has 2 heteroatoms. The van der Waals surface area contributed by atoms with Gasteiger partial charge in [0.15, 0.2) is 0 Å². The van der Waals surface area contributed by atoms with E-state index in [1.165, 1.54) is 37.7 Å². The quantitative estimate of drug-likeness (QED) is 0.806. The minimum absolute atomic E-state index is 0.440. The summed E-state index contributed by atoms with van der Waals surface area (Å²) in [5.74, 6) is 1.03. The second-order valence-electron chi connectivity index (χ2n) is 6.38. The smallest absolute Gasteiger partial charge is 0.122 e. The van der Waals surface area contributed by atoms with Crippen molar-refractivity contribution in [3.8, 4) is 5.75 Å². The van der Waals surface area contributed by atoms with Crippen LogP contribution >= 0.6 is 0 Å². The molecule has 1 saturated carbocycles. The van der Waals surface area contributed by atoms with E-state index >= 15 is 0 Å². The van der Waals surface area contributed by atoms with Gasteiger partial charge in [0.1, 0.15) is 5.75 Å². The molecular weight excluding hydrogens is 246 g/mol. The van der Waals surface area contributed by atoms with Gasteiger partial charge in [0, 0.05) is 6.04 Å². The number of para-hydroxylation sites is 1. The van der Waals surface area contributed by atoms with Gasteiger partial charge in [-0.05, 0) is 49.3 Å². The van der Waals surface area contributed by atoms with Gasteiger partial charge in [-0.25, -0.2) is 0 Å². The van der Waals surface area contributed by atoms with Crippen LogP contribution in [0.4, 0.5) is 0 Å². The van der Waals surface area contributed by atoms with Crippen molar-refractivity contribution in [2.24, 2.45) is 5.41 Å². The fourth-order valence-corrected chi connectivity index (χ4v) is 3.51. The van der Waals surface area contributed by atoms with E-state index < -0.39 is 0 Å². The van der Waals surface area contributed by atoms with Gasteiger partial charge in [0.2, 0.25) is 0 Å². The summed E-state index contributed by atoms with van der Waals surface area (Å²) in [6.45, 7) is 5.81. The van der Waals surface area contributed by atoms with Crippen LogP contribution in [0.2, 0.25) is 0 Å². The Morgan fingerprint density at radius 1 is 1.25 bits per heavy atom. The number of nitrogens with one attached hydrogen (secondary N) is 1. The molecule has 0 heterocycles. The van der Waals surface area contributed by atoms with Crippen molar-refractivity contribution >= 4 is 0 Å². The van der Waals surface area contributed by atoms with Gasteiger partial charge in [-0.15, -0.1) is 0 Å². The fraction of sp³-hybridized carbons (Fsp3) is 0.667. The first-order chi connectivity index (χ1) is 9.69. The lowest BCUT2D eigenvalue weighted by molar-refractivity contribution is 0.218. The third kappa shape index (κ3) is 3.54. The Labute approximate surface area is 123 Å². The Hall–Kier alpha value is -1.02. The number of benzene rings is 1. The molecule has 1 aromatic rings. The highest BCUT2D eigenvalue weighted by Crippen LogP contribution is 2.42. The lowest BCUT2D eigenvalue weighted by Crippen LogP contribution is -2.44. The van der Waals surface area contributed by atoms with Crippen molar-refractivity contribution in [3.05, 3.63) is 29.8 Å². The topological polar surface area (TPSA) is 21.3 Å². The monoisotopic (exact) mass is 275 g/mol. The summed E-state index contributed by atoms with van der Waals surface area (Å²) in [4.78, 5) is 0. The highest BCUT2D eigenvalue weighted by atomic mass is 16.5.